The lowest BCUT2D eigenvalue weighted by Gasteiger charge is -2.63. The minimum absolute atomic E-state index is 0. The van der Waals surface area contributed by atoms with Crippen molar-refractivity contribution in [1.29, 1.82) is 0 Å². The number of ether oxygens (including phenoxy) is 2. The van der Waals surface area contributed by atoms with Gasteiger partial charge in [0.2, 0.25) is 0 Å². The quantitative estimate of drug-likeness (QED) is 0.241. The van der Waals surface area contributed by atoms with Gasteiger partial charge in [-0.25, -0.2) is 0 Å². The van der Waals surface area contributed by atoms with E-state index in [0.717, 1.165) is 38.7 Å². The molecule has 162 valence electrons. The highest BCUT2D eigenvalue weighted by Gasteiger charge is 2.66. The second-order valence-corrected chi connectivity index (χ2v) is 8.88. The molecule has 2 heterocycles. The van der Waals surface area contributed by atoms with E-state index < -0.39 is 0 Å². The van der Waals surface area contributed by atoms with E-state index in [1.165, 1.54) is 51.6 Å². The van der Waals surface area contributed by atoms with Crippen LogP contribution in [0.5, 0.6) is 0 Å². The van der Waals surface area contributed by atoms with Crippen LogP contribution >= 0.6 is 24.0 Å². The Hall–Kier alpha value is -0.120. The van der Waals surface area contributed by atoms with Crippen molar-refractivity contribution in [2.75, 3.05) is 46.5 Å². The first-order valence-electron chi connectivity index (χ1n) is 11.2. The number of guanidine groups is 1. The molecule has 0 aromatic heterocycles. The predicted molar refractivity (Wildman–Crippen MR) is 124 cm³/mol. The molecular formula is C21H39IN4O2. The zero-order valence-corrected chi connectivity index (χ0v) is 20.0. The van der Waals surface area contributed by atoms with Gasteiger partial charge in [-0.05, 0) is 45.4 Å². The summed E-state index contributed by atoms with van der Waals surface area (Å²) in [5, 5.41) is 7.60. The number of hydrogen-bond donors (Lipinski definition) is 2. The SMILES string of the molecule is CCN=C(NC1CCN(CCCOC)CC1)NC1C2CCOC2C12CCC2.I. The number of nitrogens with one attached hydrogen (secondary N) is 2. The Balaban J connectivity index is 0.00000225. The molecule has 28 heavy (non-hydrogen) atoms. The Morgan fingerprint density at radius 3 is 2.64 bits per heavy atom. The molecule has 2 N–H and O–H groups in total. The van der Waals surface area contributed by atoms with Gasteiger partial charge in [0.15, 0.2) is 5.96 Å². The number of fused-ring (bicyclic) bond motifs is 2. The van der Waals surface area contributed by atoms with E-state index in [9.17, 15) is 0 Å². The summed E-state index contributed by atoms with van der Waals surface area (Å²) in [6, 6.07) is 1.10. The van der Waals surface area contributed by atoms with Crippen LogP contribution in [-0.2, 0) is 9.47 Å². The van der Waals surface area contributed by atoms with Gasteiger partial charge in [0.1, 0.15) is 0 Å². The Kier molecular flexibility index (Phi) is 8.27. The maximum Gasteiger partial charge on any atom is 0.191 e. The summed E-state index contributed by atoms with van der Waals surface area (Å²) in [5.74, 6) is 1.73. The molecule has 3 unspecified atom stereocenters. The zero-order chi connectivity index (χ0) is 18.7. The number of halogens is 1. The van der Waals surface area contributed by atoms with Crippen molar-refractivity contribution in [2.24, 2.45) is 16.3 Å². The first kappa shape index (κ1) is 22.6. The van der Waals surface area contributed by atoms with Crippen LogP contribution in [0.25, 0.3) is 0 Å². The van der Waals surface area contributed by atoms with E-state index in [1.54, 1.807) is 7.11 Å². The highest BCUT2D eigenvalue weighted by Crippen LogP contribution is 2.62. The van der Waals surface area contributed by atoms with Crippen LogP contribution in [0.2, 0.25) is 0 Å². The van der Waals surface area contributed by atoms with Gasteiger partial charge in [0.25, 0.3) is 0 Å². The zero-order valence-electron chi connectivity index (χ0n) is 17.6. The summed E-state index contributed by atoms with van der Waals surface area (Å²) in [7, 11) is 1.79. The molecule has 0 amide bonds. The van der Waals surface area contributed by atoms with Crippen LogP contribution < -0.4 is 10.6 Å². The molecule has 0 bridgehead atoms. The first-order valence-corrected chi connectivity index (χ1v) is 11.2. The monoisotopic (exact) mass is 506 g/mol. The van der Waals surface area contributed by atoms with Gasteiger partial charge in [-0.15, -0.1) is 24.0 Å². The summed E-state index contributed by atoms with van der Waals surface area (Å²) in [6.45, 7) is 8.27. The van der Waals surface area contributed by atoms with Gasteiger partial charge in [0, 0.05) is 69.9 Å². The molecule has 7 heteroatoms. The molecule has 4 fully saturated rings. The Morgan fingerprint density at radius 1 is 1.21 bits per heavy atom. The smallest absolute Gasteiger partial charge is 0.191 e. The highest BCUT2D eigenvalue weighted by molar-refractivity contribution is 14.0. The Morgan fingerprint density at radius 2 is 2.00 bits per heavy atom. The molecule has 2 saturated carbocycles. The number of piperidine rings is 1. The van der Waals surface area contributed by atoms with Crippen molar-refractivity contribution in [3.63, 3.8) is 0 Å². The van der Waals surface area contributed by atoms with Crippen LogP contribution in [0.4, 0.5) is 0 Å². The van der Waals surface area contributed by atoms with Crippen LogP contribution in [0.15, 0.2) is 4.99 Å². The molecule has 2 aliphatic carbocycles. The van der Waals surface area contributed by atoms with Crippen molar-refractivity contribution in [1.82, 2.24) is 15.5 Å². The fraction of sp³-hybridized carbons (Fsp3) is 0.952. The summed E-state index contributed by atoms with van der Waals surface area (Å²) in [4.78, 5) is 7.35. The number of rotatable bonds is 7. The maximum atomic E-state index is 6.07. The minimum atomic E-state index is 0. The van der Waals surface area contributed by atoms with Crippen molar-refractivity contribution in [3.05, 3.63) is 0 Å². The minimum Gasteiger partial charge on any atom is -0.385 e. The van der Waals surface area contributed by atoms with Crippen molar-refractivity contribution < 1.29 is 9.47 Å². The van der Waals surface area contributed by atoms with Crippen molar-refractivity contribution >= 4 is 29.9 Å². The van der Waals surface area contributed by atoms with Crippen LogP contribution in [0.1, 0.15) is 51.9 Å². The van der Waals surface area contributed by atoms with E-state index in [1.807, 2.05) is 0 Å². The van der Waals surface area contributed by atoms with E-state index in [2.05, 4.69) is 22.5 Å². The molecule has 4 aliphatic rings. The first-order chi connectivity index (χ1) is 13.3. The maximum absolute atomic E-state index is 6.07. The van der Waals surface area contributed by atoms with Crippen LogP contribution in [0, 0.1) is 11.3 Å². The third-order valence-electron chi connectivity index (χ3n) is 7.40. The molecule has 3 atom stereocenters. The summed E-state index contributed by atoms with van der Waals surface area (Å²) in [5.41, 5.74) is 0.405. The Bertz CT molecular complexity index is 521. The van der Waals surface area contributed by atoms with Crippen LogP contribution in [0.3, 0.4) is 0 Å². The molecular weight excluding hydrogens is 467 g/mol. The topological polar surface area (TPSA) is 58.1 Å². The fourth-order valence-corrected chi connectivity index (χ4v) is 5.82. The van der Waals surface area contributed by atoms with Crippen molar-refractivity contribution in [3.8, 4) is 0 Å². The molecule has 2 aliphatic heterocycles. The van der Waals surface area contributed by atoms with Gasteiger partial charge in [-0.3, -0.25) is 4.99 Å². The second kappa shape index (κ2) is 10.3. The average Bonchev–Trinajstić information content (AvgIpc) is 3.05. The number of nitrogens with zero attached hydrogens (tertiary/aromatic N) is 2. The second-order valence-electron chi connectivity index (χ2n) is 8.88. The van der Waals surface area contributed by atoms with E-state index >= 15 is 0 Å². The van der Waals surface area contributed by atoms with Crippen LogP contribution in [-0.4, -0.2) is 75.5 Å². The standard InChI is InChI=1S/C21H38N4O2.HI/c1-3-22-20(23-16-6-12-25(13-7-16)11-5-14-26-2)24-18-17-8-15-27-19(17)21(18)9-4-10-21;/h16-19H,3-15H2,1-2H3,(H2,22,23,24);1H. The Labute approximate surface area is 187 Å². The number of aliphatic imine (C=N–C) groups is 1. The lowest BCUT2D eigenvalue weighted by atomic mass is 9.46. The normalized spacial score (nSPS) is 32.2. The van der Waals surface area contributed by atoms with Gasteiger partial charge in [-0.2, -0.15) is 0 Å². The highest BCUT2D eigenvalue weighted by atomic mass is 127. The summed E-state index contributed by atoms with van der Waals surface area (Å²) in [6.07, 6.45) is 9.26. The molecule has 0 aromatic carbocycles. The molecule has 4 rings (SSSR count). The molecule has 1 spiro atoms. The number of hydrogen-bond acceptors (Lipinski definition) is 4. The molecule has 2 saturated heterocycles. The largest absolute Gasteiger partial charge is 0.385 e. The summed E-state index contributed by atoms with van der Waals surface area (Å²) >= 11 is 0. The summed E-state index contributed by atoms with van der Waals surface area (Å²) < 4.78 is 11.2. The molecule has 0 radical (unpaired) electrons. The van der Waals surface area contributed by atoms with Gasteiger partial charge in [-0.1, -0.05) is 6.42 Å². The number of methoxy groups -OCH3 is 1. The van der Waals surface area contributed by atoms with Crippen molar-refractivity contribution in [2.45, 2.75) is 70.1 Å². The lowest BCUT2D eigenvalue weighted by molar-refractivity contribution is -0.171. The van der Waals surface area contributed by atoms with Gasteiger partial charge in [0.05, 0.1) is 6.10 Å². The third-order valence-corrected chi connectivity index (χ3v) is 7.40. The lowest BCUT2D eigenvalue weighted by Crippen LogP contribution is -2.72. The molecule has 0 aromatic rings. The van der Waals surface area contributed by atoms with Gasteiger partial charge >= 0.3 is 0 Å². The predicted octanol–water partition coefficient (Wildman–Crippen LogP) is 2.62. The molecule has 6 nitrogen and oxygen atoms in total. The van der Waals surface area contributed by atoms with E-state index in [4.69, 9.17) is 14.5 Å². The van der Waals surface area contributed by atoms with E-state index in [0.29, 0.717) is 29.5 Å². The number of likely N-dealkylation sites (tertiary alicyclic amines) is 1. The fourth-order valence-electron chi connectivity index (χ4n) is 5.82. The average molecular weight is 506 g/mol. The van der Waals surface area contributed by atoms with Gasteiger partial charge < -0.3 is 25.0 Å². The third kappa shape index (κ3) is 4.47. The van der Waals surface area contributed by atoms with E-state index in [-0.39, 0.29) is 24.0 Å².